The summed E-state index contributed by atoms with van der Waals surface area (Å²) in [6.45, 7) is 1.62. The maximum Gasteiger partial charge on any atom is 0.160 e. The zero-order valence-electron chi connectivity index (χ0n) is 22.0. The van der Waals surface area contributed by atoms with Crippen LogP contribution in [-0.4, -0.2) is 32.1 Å². The first-order chi connectivity index (χ1) is 19.3. The molecule has 5 nitrogen and oxygen atoms in total. The lowest BCUT2D eigenvalue weighted by atomic mass is 9.82. The molecule has 0 atom stereocenters. The van der Waals surface area contributed by atoms with E-state index in [2.05, 4.69) is 28.1 Å². The maximum absolute atomic E-state index is 13.5. The van der Waals surface area contributed by atoms with Gasteiger partial charge in [-0.05, 0) is 77.6 Å². The van der Waals surface area contributed by atoms with Crippen molar-refractivity contribution >= 4 is 27.1 Å². The highest BCUT2D eigenvalue weighted by atomic mass is 35.5. The number of benzene rings is 3. The van der Waals surface area contributed by atoms with Gasteiger partial charge in [-0.2, -0.15) is 0 Å². The van der Waals surface area contributed by atoms with Gasteiger partial charge in [-0.25, -0.2) is 12.8 Å². The molecule has 0 bridgehead atoms. The van der Waals surface area contributed by atoms with Gasteiger partial charge in [-0.3, -0.25) is 4.98 Å². The van der Waals surface area contributed by atoms with Gasteiger partial charge in [-0.15, -0.1) is 0 Å². The first-order valence-electron chi connectivity index (χ1n) is 13.5. The van der Waals surface area contributed by atoms with Crippen LogP contribution in [0.3, 0.4) is 0 Å². The lowest BCUT2D eigenvalue weighted by molar-refractivity contribution is 0.0226. The highest BCUT2D eigenvalue weighted by molar-refractivity contribution is 7.89. The van der Waals surface area contributed by atoms with Crippen LogP contribution in [0.15, 0.2) is 85.1 Å². The Hall–Kier alpha value is -3.42. The Kier molecular flexibility index (Phi) is 7.27. The summed E-state index contributed by atoms with van der Waals surface area (Å²) in [6.07, 6.45) is 5.25. The smallest absolute Gasteiger partial charge is 0.160 e. The fraction of sp³-hybridized carbons (Fsp3) is 0.281. The van der Waals surface area contributed by atoms with Crippen molar-refractivity contribution in [3.05, 3.63) is 113 Å². The highest BCUT2D eigenvalue weighted by Crippen LogP contribution is 2.42. The van der Waals surface area contributed by atoms with Crippen LogP contribution in [-0.2, 0) is 27.8 Å². The molecule has 1 aromatic heterocycles. The molecule has 206 valence electrons. The monoisotopic (exact) mass is 576 g/mol. The zero-order chi connectivity index (χ0) is 27.7. The molecule has 0 saturated carbocycles. The number of anilines is 1. The summed E-state index contributed by atoms with van der Waals surface area (Å²) in [7, 11) is -3.32. The fourth-order valence-electron chi connectivity index (χ4n) is 5.75. The number of rotatable bonds is 6. The summed E-state index contributed by atoms with van der Waals surface area (Å²) in [4.78, 5) is 6.35. The van der Waals surface area contributed by atoms with Crippen LogP contribution < -0.4 is 9.64 Å². The molecule has 2 aliphatic heterocycles. The number of aromatic nitrogens is 1. The third-order valence-electron chi connectivity index (χ3n) is 7.93. The number of halogens is 2. The molecule has 0 N–H and O–H groups in total. The molecule has 1 saturated heterocycles. The minimum atomic E-state index is -3.32. The average Bonchev–Trinajstić information content (AvgIpc) is 2.94. The van der Waals surface area contributed by atoms with Crippen molar-refractivity contribution in [2.45, 2.75) is 42.8 Å². The molecule has 0 unspecified atom stereocenters. The molecular formula is C32H30ClFN2O3S. The summed E-state index contributed by atoms with van der Waals surface area (Å²) < 4.78 is 45.4. The van der Waals surface area contributed by atoms with Crippen LogP contribution in [0.5, 0.6) is 5.75 Å². The molecule has 6 rings (SSSR count). The Morgan fingerprint density at radius 3 is 2.40 bits per heavy atom. The van der Waals surface area contributed by atoms with E-state index < -0.39 is 9.84 Å². The van der Waals surface area contributed by atoms with Gasteiger partial charge >= 0.3 is 0 Å². The number of hydrogen-bond donors (Lipinski definition) is 0. The normalized spacial score (nSPS) is 16.4. The summed E-state index contributed by atoms with van der Waals surface area (Å²) >= 11 is 6.30. The second-order valence-corrected chi connectivity index (χ2v) is 13.2. The second kappa shape index (κ2) is 10.9. The van der Waals surface area contributed by atoms with Crippen molar-refractivity contribution in [3.63, 3.8) is 0 Å². The number of fused-ring (bicyclic) bond motifs is 1. The Labute approximate surface area is 239 Å². The lowest BCUT2D eigenvalue weighted by Crippen LogP contribution is -2.49. The van der Waals surface area contributed by atoms with Gasteiger partial charge in [0.2, 0.25) is 0 Å². The maximum atomic E-state index is 13.5. The minimum absolute atomic E-state index is 0.0191. The molecule has 0 amide bonds. The zero-order valence-corrected chi connectivity index (χ0v) is 23.6. The van der Waals surface area contributed by atoms with Crippen LogP contribution in [0.25, 0.3) is 11.1 Å². The van der Waals surface area contributed by atoms with Gasteiger partial charge in [0.15, 0.2) is 9.84 Å². The molecule has 4 aromatic rings. The number of nitrogens with zero attached hydrogens (tertiary/aromatic N) is 2. The molecule has 0 aliphatic carbocycles. The van der Waals surface area contributed by atoms with Gasteiger partial charge in [0, 0.05) is 32.1 Å². The number of ether oxygens (including phenoxy) is 1. The number of sulfone groups is 1. The highest BCUT2D eigenvalue weighted by Gasteiger charge is 2.39. The predicted octanol–water partition coefficient (Wildman–Crippen LogP) is 7.02. The summed E-state index contributed by atoms with van der Waals surface area (Å²) in [6, 6.07) is 23.9. The third kappa shape index (κ3) is 5.86. The molecule has 8 heteroatoms. The molecule has 1 fully saturated rings. The van der Waals surface area contributed by atoms with E-state index >= 15 is 0 Å². The molecule has 2 aliphatic rings. The minimum Gasteiger partial charge on any atom is -0.487 e. The summed E-state index contributed by atoms with van der Waals surface area (Å²) in [5.41, 5.74) is 5.31. The van der Waals surface area contributed by atoms with Crippen molar-refractivity contribution < 1.29 is 17.5 Å². The van der Waals surface area contributed by atoms with Gasteiger partial charge in [0.05, 0.1) is 27.9 Å². The van der Waals surface area contributed by atoms with E-state index in [0.717, 1.165) is 66.9 Å². The SMILES string of the molecule is O=S(=O)(Cc1ccc(-c2ccc3c(c2)CCC2(CCN(c4ccc(F)cc4Cl)CC2)O3)cc1)Cc1ccccn1. The van der Waals surface area contributed by atoms with E-state index in [-0.39, 0.29) is 22.9 Å². The number of pyridine rings is 1. The summed E-state index contributed by atoms with van der Waals surface area (Å²) in [5, 5.41) is 0.442. The fourth-order valence-corrected chi connectivity index (χ4v) is 7.46. The van der Waals surface area contributed by atoms with Crippen molar-refractivity contribution in [2.75, 3.05) is 18.0 Å². The van der Waals surface area contributed by atoms with Crippen LogP contribution in [0.1, 0.15) is 36.1 Å². The Bertz CT molecular complexity index is 1620. The lowest BCUT2D eigenvalue weighted by Gasteiger charge is -2.45. The molecule has 0 radical (unpaired) electrons. The Morgan fingerprint density at radius 2 is 1.68 bits per heavy atom. The number of piperidine rings is 1. The largest absolute Gasteiger partial charge is 0.487 e. The van der Waals surface area contributed by atoms with E-state index in [1.807, 2.05) is 24.3 Å². The van der Waals surface area contributed by atoms with Gasteiger partial charge in [0.25, 0.3) is 0 Å². The van der Waals surface area contributed by atoms with Crippen molar-refractivity contribution in [1.29, 1.82) is 0 Å². The Morgan fingerprint density at radius 1 is 0.900 bits per heavy atom. The standard InChI is InChI=1S/C32H30ClFN2O3S/c33-29-20-27(34)9-10-30(29)36-17-14-32(15-18-36)13-12-26-19-25(8-11-31(26)39-32)24-6-4-23(5-7-24)21-40(37,38)22-28-3-1-2-16-35-28/h1-11,16,19-20H,12-15,17-18,21-22H2. The van der Waals surface area contributed by atoms with E-state index in [0.29, 0.717) is 10.7 Å². The molecule has 1 spiro atoms. The third-order valence-corrected chi connectivity index (χ3v) is 9.74. The van der Waals surface area contributed by atoms with Gasteiger partial charge in [0.1, 0.15) is 17.2 Å². The first-order valence-corrected chi connectivity index (χ1v) is 15.7. The van der Waals surface area contributed by atoms with Crippen LogP contribution in [0, 0.1) is 5.82 Å². The first kappa shape index (κ1) is 26.8. The average molecular weight is 577 g/mol. The van der Waals surface area contributed by atoms with Gasteiger partial charge < -0.3 is 9.64 Å². The predicted molar refractivity (Wildman–Crippen MR) is 157 cm³/mol. The number of aryl methyl sites for hydroxylation is 1. The topological polar surface area (TPSA) is 59.5 Å². The van der Waals surface area contributed by atoms with E-state index in [1.54, 1.807) is 30.5 Å². The van der Waals surface area contributed by atoms with Crippen LogP contribution in [0.4, 0.5) is 10.1 Å². The number of hydrogen-bond acceptors (Lipinski definition) is 5. The molecule has 40 heavy (non-hydrogen) atoms. The summed E-state index contributed by atoms with van der Waals surface area (Å²) in [5.74, 6) is 0.518. The quantitative estimate of drug-likeness (QED) is 0.247. The van der Waals surface area contributed by atoms with Crippen molar-refractivity contribution in [2.24, 2.45) is 0 Å². The van der Waals surface area contributed by atoms with Crippen LogP contribution in [0.2, 0.25) is 5.02 Å². The van der Waals surface area contributed by atoms with Gasteiger partial charge in [-0.1, -0.05) is 48.0 Å². The van der Waals surface area contributed by atoms with Crippen molar-refractivity contribution in [1.82, 2.24) is 4.98 Å². The second-order valence-electron chi connectivity index (χ2n) is 10.7. The van der Waals surface area contributed by atoms with Crippen molar-refractivity contribution in [3.8, 4) is 16.9 Å². The van der Waals surface area contributed by atoms with E-state index in [9.17, 15) is 12.8 Å². The molecule has 3 aromatic carbocycles. The Balaban J connectivity index is 1.10. The van der Waals surface area contributed by atoms with E-state index in [1.165, 1.54) is 17.7 Å². The molecule has 3 heterocycles. The van der Waals surface area contributed by atoms with Crippen LogP contribution >= 0.6 is 11.6 Å². The molecular weight excluding hydrogens is 547 g/mol. The van der Waals surface area contributed by atoms with E-state index in [4.69, 9.17) is 16.3 Å².